The van der Waals surface area contributed by atoms with Gasteiger partial charge in [-0.1, -0.05) is 35.8 Å². The largest absolute Gasteiger partial charge is 0.348 e. The Morgan fingerprint density at radius 1 is 1.35 bits per heavy atom. The Balaban J connectivity index is 2.81. The van der Waals surface area contributed by atoms with E-state index in [0.29, 0.717) is 5.92 Å². The predicted molar refractivity (Wildman–Crippen MR) is 88.1 cm³/mol. The number of rotatable bonds is 6. The summed E-state index contributed by atoms with van der Waals surface area (Å²) in [6.07, 6.45) is 0.983. The number of nitrogens with zero attached hydrogens (tertiary/aromatic N) is 1. The lowest BCUT2D eigenvalue weighted by Crippen LogP contribution is -2.42. The number of benzene rings is 1. The molecular weight excluding hydrogens is 316 g/mol. The van der Waals surface area contributed by atoms with Gasteiger partial charge in [-0.25, -0.2) is 0 Å². The highest BCUT2D eigenvalue weighted by Gasteiger charge is 2.17. The number of halogens is 1. The topological polar surface area (TPSA) is 32.3 Å². The normalized spacial score (nSPS) is 12.8. The molecule has 1 N–H and O–H groups in total. The molecule has 0 aromatic heterocycles. The van der Waals surface area contributed by atoms with E-state index in [-0.39, 0.29) is 11.9 Å². The van der Waals surface area contributed by atoms with Crippen molar-refractivity contribution in [1.82, 2.24) is 10.2 Å². The first-order chi connectivity index (χ1) is 9.31. The lowest BCUT2D eigenvalue weighted by molar-refractivity contribution is 0.0924. The van der Waals surface area contributed by atoms with Gasteiger partial charge in [0.2, 0.25) is 0 Å². The summed E-state index contributed by atoms with van der Waals surface area (Å²) in [6, 6.07) is 5.90. The minimum atomic E-state index is 0.0105. The molecule has 0 saturated heterocycles. The summed E-state index contributed by atoms with van der Waals surface area (Å²) in [4.78, 5) is 14.6. The number of likely N-dealkylation sites (N-methyl/N-ethyl adjacent to an activating group) is 1. The molecule has 0 aliphatic carbocycles. The molecule has 0 aliphatic rings. The summed E-state index contributed by atoms with van der Waals surface area (Å²) in [5, 5.41) is 3.16. The average molecular weight is 341 g/mol. The molecule has 1 aromatic carbocycles. The van der Waals surface area contributed by atoms with Gasteiger partial charge in [0.05, 0.1) is 0 Å². The van der Waals surface area contributed by atoms with Crippen LogP contribution in [0.5, 0.6) is 0 Å². The Morgan fingerprint density at radius 2 is 2.00 bits per heavy atom. The van der Waals surface area contributed by atoms with Crippen LogP contribution in [0.15, 0.2) is 22.7 Å². The van der Waals surface area contributed by atoms with Gasteiger partial charge < -0.3 is 10.2 Å². The van der Waals surface area contributed by atoms with Gasteiger partial charge in [0, 0.05) is 22.6 Å². The first kappa shape index (κ1) is 17.2. The van der Waals surface area contributed by atoms with E-state index >= 15 is 0 Å². The van der Waals surface area contributed by atoms with Crippen LogP contribution >= 0.6 is 15.9 Å². The second-order valence-electron chi connectivity index (χ2n) is 5.97. The lowest BCUT2D eigenvalue weighted by atomic mass is 10.0. The molecule has 0 saturated carbocycles. The molecule has 1 atom stereocenters. The summed E-state index contributed by atoms with van der Waals surface area (Å²) in [7, 11) is 4.06. The van der Waals surface area contributed by atoms with Crippen LogP contribution in [-0.2, 0) is 0 Å². The molecule has 4 heteroatoms. The molecule has 1 aromatic rings. The summed E-state index contributed by atoms with van der Waals surface area (Å²) >= 11 is 3.47. The first-order valence-corrected chi connectivity index (χ1v) is 7.81. The summed E-state index contributed by atoms with van der Waals surface area (Å²) in [5.74, 6) is 0.570. The average Bonchev–Trinajstić information content (AvgIpc) is 2.30. The van der Waals surface area contributed by atoms with Gasteiger partial charge in [-0.2, -0.15) is 0 Å². The molecule has 20 heavy (non-hydrogen) atoms. The van der Waals surface area contributed by atoms with Gasteiger partial charge in [-0.3, -0.25) is 4.79 Å². The van der Waals surface area contributed by atoms with E-state index in [9.17, 15) is 4.79 Å². The smallest absolute Gasteiger partial charge is 0.251 e. The fourth-order valence-corrected chi connectivity index (χ4v) is 2.67. The van der Waals surface area contributed by atoms with Crippen molar-refractivity contribution >= 4 is 21.8 Å². The molecule has 0 aliphatic heterocycles. The third-order valence-electron chi connectivity index (χ3n) is 3.19. The molecule has 0 bridgehead atoms. The van der Waals surface area contributed by atoms with Crippen LogP contribution in [0, 0.1) is 12.8 Å². The molecular formula is C16H25BrN2O. The van der Waals surface area contributed by atoms with Crippen molar-refractivity contribution in [3.63, 3.8) is 0 Å². The second kappa shape index (κ2) is 7.79. The maximum atomic E-state index is 12.4. The van der Waals surface area contributed by atoms with Crippen LogP contribution in [-0.4, -0.2) is 37.5 Å². The minimum absolute atomic E-state index is 0.0105. The second-order valence-corrected chi connectivity index (χ2v) is 6.83. The van der Waals surface area contributed by atoms with Gasteiger partial charge in [0.1, 0.15) is 0 Å². The van der Waals surface area contributed by atoms with Crippen LogP contribution in [0.3, 0.4) is 0 Å². The van der Waals surface area contributed by atoms with Gasteiger partial charge >= 0.3 is 0 Å². The third kappa shape index (κ3) is 5.25. The summed E-state index contributed by atoms with van der Waals surface area (Å²) in [5.41, 5.74) is 1.73. The highest BCUT2D eigenvalue weighted by atomic mass is 79.9. The Morgan fingerprint density at radius 3 is 2.55 bits per heavy atom. The lowest BCUT2D eigenvalue weighted by Gasteiger charge is -2.24. The van der Waals surface area contributed by atoms with E-state index in [1.807, 2.05) is 39.2 Å². The van der Waals surface area contributed by atoms with Crippen molar-refractivity contribution in [1.29, 1.82) is 0 Å². The molecule has 0 fully saturated rings. The minimum Gasteiger partial charge on any atom is -0.348 e. The predicted octanol–water partition coefficient (Wildman–Crippen LogP) is 3.46. The Bertz CT molecular complexity index is 448. The number of nitrogens with one attached hydrogen (secondary N) is 1. The summed E-state index contributed by atoms with van der Waals surface area (Å²) < 4.78 is 0.971. The van der Waals surface area contributed by atoms with Gasteiger partial charge in [-0.15, -0.1) is 0 Å². The SMILES string of the molecule is Cc1c(Br)cccc1C(=O)NC(CC(C)C)CN(C)C. The zero-order valence-electron chi connectivity index (χ0n) is 13.0. The van der Waals surface area contributed by atoms with E-state index in [2.05, 4.69) is 40.0 Å². The van der Waals surface area contributed by atoms with Crippen LogP contribution in [0.2, 0.25) is 0 Å². The molecule has 112 valence electrons. The first-order valence-electron chi connectivity index (χ1n) is 7.02. The van der Waals surface area contributed by atoms with Gasteiger partial charge in [0.15, 0.2) is 0 Å². The number of hydrogen-bond acceptors (Lipinski definition) is 2. The van der Waals surface area contributed by atoms with Crippen molar-refractivity contribution in [2.45, 2.75) is 33.2 Å². The number of carbonyl (C=O) groups excluding carboxylic acids is 1. The highest BCUT2D eigenvalue weighted by molar-refractivity contribution is 9.10. The van der Waals surface area contributed by atoms with Crippen LogP contribution in [0.4, 0.5) is 0 Å². The molecule has 0 radical (unpaired) electrons. The van der Waals surface area contributed by atoms with Crippen molar-refractivity contribution in [3.05, 3.63) is 33.8 Å². The summed E-state index contributed by atoms with van der Waals surface area (Å²) in [6.45, 7) is 7.18. The molecule has 0 heterocycles. The fourth-order valence-electron chi connectivity index (χ4n) is 2.31. The van der Waals surface area contributed by atoms with E-state index in [0.717, 1.165) is 28.6 Å². The fraction of sp³-hybridized carbons (Fsp3) is 0.562. The Kier molecular flexibility index (Phi) is 6.69. The van der Waals surface area contributed by atoms with Crippen molar-refractivity contribution in [3.8, 4) is 0 Å². The maximum absolute atomic E-state index is 12.4. The standard InChI is InChI=1S/C16H25BrN2O/c1-11(2)9-13(10-19(4)5)18-16(20)14-7-6-8-15(17)12(14)3/h6-8,11,13H,9-10H2,1-5H3,(H,18,20). The number of carbonyl (C=O) groups is 1. The van der Waals surface area contributed by atoms with Crippen LogP contribution < -0.4 is 5.32 Å². The van der Waals surface area contributed by atoms with E-state index in [1.54, 1.807) is 0 Å². The van der Waals surface area contributed by atoms with Crippen LogP contribution in [0.1, 0.15) is 36.2 Å². The van der Waals surface area contributed by atoms with Gasteiger partial charge in [-0.05, 0) is 51.1 Å². The molecule has 1 rings (SSSR count). The maximum Gasteiger partial charge on any atom is 0.251 e. The van der Waals surface area contributed by atoms with Crippen molar-refractivity contribution in [2.75, 3.05) is 20.6 Å². The van der Waals surface area contributed by atoms with Crippen molar-refractivity contribution in [2.24, 2.45) is 5.92 Å². The number of hydrogen-bond donors (Lipinski definition) is 1. The third-order valence-corrected chi connectivity index (χ3v) is 4.05. The molecule has 1 unspecified atom stereocenters. The molecule has 1 amide bonds. The Labute approximate surface area is 130 Å². The molecule has 0 spiro atoms. The Hall–Kier alpha value is -0.870. The highest BCUT2D eigenvalue weighted by Crippen LogP contribution is 2.19. The molecule has 3 nitrogen and oxygen atoms in total. The van der Waals surface area contributed by atoms with Crippen LogP contribution in [0.25, 0.3) is 0 Å². The zero-order chi connectivity index (χ0) is 15.3. The monoisotopic (exact) mass is 340 g/mol. The number of amides is 1. The van der Waals surface area contributed by atoms with E-state index in [4.69, 9.17) is 0 Å². The zero-order valence-corrected chi connectivity index (χ0v) is 14.6. The van der Waals surface area contributed by atoms with Crippen molar-refractivity contribution < 1.29 is 4.79 Å². The van der Waals surface area contributed by atoms with Gasteiger partial charge in [0.25, 0.3) is 5.91 Å². The van der Waals surface area contributed by atoms with E-state index < -0.39 is 0 Å². The quantitative estimate of drug-likeness (QED) is 0.859. The van der Waals surface area contributed by atoms with E-state index in [1.165, 1.54) is 0 Å².